The monoisotopic (exact) mass is 364 g/mol. The molecule has 0 saturated carbocycles. The number of alkyl halides is 2. The van der Waals surface area contributed by atoms with Crippen molar-refractivity contribution in [1.29, 1.82) is 0 Å². The SMILES string of the molecule is O=C(CC(NCc1ccccc1)C(=O)O)Nc1ccc(OC(F)F)cc1. The molecule has 0 aliphatic heterocycles. The second-order valence-corrected chi connectivity index (χ2v) is 5.41. The molecular weight excluding hydrogens is 346 g/mol. The number of amides is 1. The van der Waals surface area contributed by atoms with Gasteiger partial charge in [0.2, 0.25) is 5.91 Å². The molecule has 3 N–H and O–H groups in total. The van der Waals surface area contributed by atoms with Gasteiger partial charge < -0.3 is 15.2 Å². The molecule has 2 aromatic rings. The molecule has 0 aromatic heterocycles. The lowest BCUT2D eigenvalue weighted by molar-refractivity contribution is -0.141. The Morgan fingerprint density at radius 1 is 1.04 bits per heavy atom. The van der Waals surface area contributed by atoms with E-state index in [4.69, 9.17) is 0 Å². The van der Waals surface area contributed by atoms with E-state index in [2.05, 4.69) is 15.4 Å². The van der Waals surface area contributed by atoms with E-state index in [9.17, 15) is 23.5 Å². The summed E-state index contributed by atoms with van der Waals surface area (Å²) < 4.78 is 28.4. The standard InChI is InChI=1S/C18H18F2N2O4/c19-18(20)26-14-8-6-13(7-9-14)22-16(23)10-15(17(24)25)21-11-12-4-2-1-3-5-12/h1-9,15,18,21H,10-11H2,(H,22,23)(H,24,25). The van der Waals surface area contributed by atoms with Gasteiger partial charge in [0, 0.05) is 12.2 Å². The molecule has 0 saturated heterocycles. The van der Waals surface area contributed by atoms with E-state index in [0.29, 0.717) is 12.2 Å². The van der Waals surface area contributed by atoms with Crippen LogP contribution in [0.3, 0.4) is 0 Å². The molecule has 2 rings (SSSR count). The average Bonchev–Trinajstić information content (AvgIpc) is 2.60. The number of aliphatic carboxylic acids is 1. The van der Waals surface area contributed by atoms with Crippen LogP contribution in [0.2, 0.25) is 0 Å². The normalized spacial score (nSPS) is 11.8. The first kappa shape index (κ1) is 19.3. The van der Waals surface area contributed by atoms with Crippen LogP contribution in [0.25, 0.3) is 0 Å². The molecule has 1 amide bonds. The van der Waals surface area contributed by atoms with Crippen molar-refractivity contribution in [1.82, 2.24) is 5.32 Å². The van der Waals surface area contributed by atoms with Gasteiger partial charge in [-0.3, -0.25) is 14.9 Å². The number of carboxylic acid groups (broad SMARTS) is 1. The molecule has 0 aliphatic carbocycles. The predicted octanol–water partition coefficient (Wildman–Crippen LogP) is 2.86. The summed E-state index contributed by atoms with van der Waals surface area (Å²) in [6, 6.07) is 13.5. The van der Waals surface area contributed by atoms with Gasteiger partial charge in [0.1, 0.15) is 11.8 Å². The van der Waals surface area contributed by atoms with Gasteiger partial charge in [0.25, 0.3) is 0 Å². The van der Waals surface area contributed by atoms with Crippen molar-refractivity contribution < 1.29 is 28.2 Å². The summed E-state index contributed by atoms with van der Waals surface area (Å²) in [6.45, 7) is -2.62. The number of hydrogen-bond donors (Lipinski definition) is 3. The Morgan fingerprint density at radius 3 is 2.27 bits per heavy atom. The minimum Gasteiger partial charge on any atom is -0.480 e. The maximum absolute atomic E-state index is 12.1. The first-order chi connectivity index (χ1) is 12.4. The topological polar surface area (TPSA) is 87.7 Å². The summed E-state index contributed by atoms with van der Waals surface area (Å²) in [5, 5.41) is 14.6. The highest BCUT2D eigenvalue weighted by molar-refractivity contribution is 5.94. The fraction of sp³-hybridized carbons (Fsp3) is 0.222. The molecule has 1 unspecified atom stereocenters. The fourth-order valence-electron chi connectivity index (χ4n) is 2.20. The Balaban J connectivity index is 1.87. The summed E-state index contributed by atoms with van der Waals surface area (Å²) in [7, 11) is 0. The lowest BCUT2D eigenvalue weighted by Crippen LogP contribution is -2.39. The van der Waals surface area contributed by atoms with E-state index in [1.165, 1.54) is 24.3 Å². The highest BCUT2D eigenvalue weighted by Crippen LogP contribution is 2.18. The number of carboxylic acids is 1. The van der Waals surface area contributed by atoms with Gasteiger partial charge in [-0.15, -0.1) is 0 Å². The molecule has 1 atom stereocenters. The van der Waals surface area contributed by atoms with Gasteiger partial charge in [0.15, 0.2) is 0 Å². The van der Waals surface area contributed by atoms with Crippen LogP contribution in [0.4, 0.5) is 14.5 Å². The van der Waals surface area contributed by atoms with Crippen LogP contribution < -0.4 is 15.4 Å². The zero-order valence-electron chi connectivity index (χ0n) is 13.7. The van der Waals surface area contributed by atoms with E-state index in [0.717, 1.165) is 5.56 Å². The van der Waals surface area contributed by atoms with E-state index in [-0.39, 0.29) is 12.2 Å². The quantitative estimate of drug-likeness (QED) is 0.637. The number of benzene rings is 2. The van der Waals surface area contributed by atoms with Crippen LogP contribution in [0, 0.1) is 0 Å². The number of carbonyl (C=O) groups is 2. The van der Waals surface area contributed by atoms with Gasteiger partial charge in [-0.1, -0.05) is 30.3 Å². The Morgan fingerprint density at radius 2 is 1.69 bits per heavy atom. The second-order valence-electron chi connectivity index (χ2n) is 5.41. The Bertz CT molecular complexity index is 724. The van der Waals surface area contributed by atoms with E-state index >= 15 is 0 Å². The number of anilines is 1. The molecule has 8 heteroatoms. The van der Waals surface area contributed by atoms with Crippen LogP contribution >= 0.6 is 0 Å². The van der Waals surface area contributed by atoms with Crippen molar-refractivity contribution in [2.24, 2.45) is 0 Å². The summed E-state index contributed by atoms with van der Waals surface area (Å²) in [4.78, 5) is 23.4. The van der Waals surface area contributed by atoms with Crippen molar-refractivity contribution in [2.75, 3.05) is 5.32 Å². The van der Waals surface area contributed by atoms with Crippen LogP contribution in [0.15, 0.2) is 54.6 Å². The van der Waals surface area contributed by atoms with Crippen molar-refractivity contribution in [3.05, 3.63) is 60.2 Å². The van der Waals surface area contributed by atoms with E-state index in [1.807, 2.05) is 30.3 Å². The molecule has 0 spiro atoms. The van der Waals surface area contributed by atoms with Crippen LogP contribution in [0.5, 0.6) is 5.75 Å². The highest BCUT2D eigenvalue weighted by Gasteiger charge is 2.20. The summed E-state index contributed by atoms with van der Waals surface area (Å²) in [5.74, 6) is -1.69. The maximum atomic E-state index is 12.1. The zero-order chi connectivity index (χ0) is 18.9. The summed E-state index contributed by atoms with van der Waals surface area (Å²) in [5.41, 5.74) is 1.25. The zero-order valence-corrected chi connectivity index (χ0v) is 13.7. The lowest BCUT2D eigenvalue weighted by atomic mass is 10.1. The number of carbonyl (C=O) groups excluding carboxylic acids is 1. The second kappa shape index (κ2) is 9.47. The number of ether oxygens (including phenoxy) is 1. The first-order valence-electron chi connectivity index (χ1n) is 7.79. The van der Waals surface area contributed by atoms with E-state index in [1.54, 1.807) is 0 Å². The minimum atomic E-state index is -2.93. The van der Waals surface area contributed by atoms with E-state index < -0.39 is 24.5 Å². The Kier molecular flexibility index (Phi) is 7.04. The van der Waals surface area contributed by atoms with Gasteiger partial charge >= 0.3 is 12.6 Å². The van der Waals surface area contributed by atoms with Crippen molar-refractivity contribution >= 4 is 17.6 Å². The highest BCUT2D eigenvalue weighted by atomic mass is 19.3. The largest absolute Gasteiger partial charge is 0.480 e. The molecule has 0 radical (unpaired) electrons. The molecule has 2 aromatic carbocycles. The van der Waals surface area contributed by atoms with Crippen LogP contribution in [-0.2, 0) is 16.1 Å². The third-order valence-electron chi connectivity index (χ3n) is 3.45. The van der Waals surface area contributed by atoms with Gasteiger partial charge in [-0.25, -0.2) is 0 Å². The molecule has 0 bridgehead atoms. The van der Waals surface area contributed by atoms with Gasteiger partial charge in [0.05, 0.1) is 6.42 Å². The smallest absolute Gasteiger partial charge is 0.387 e. The first-order valence-corrected chi connectivity index (χ1v) is 7.79. The fourth-order valence-corrected chi connectivity index (χ4v) is 2.20. The van der Waals surface area contributed by atoms with Crippen LogP contribution in [-0.4, -0.2) is 29.6 Å². The minimum absolute atomic E-state index is 0.0362. The van der Waals surface area contributed by atoms with Crippen molar-refractivity contribution in [3.63, 3.8) is 0 Å². The third-order valence-corrected chi connectivity index (χ3v) is 3.45. The average molecular weight is 364 g/mol. The lowest BCUT2D eigenvalue weighted by Gasteiger charge is -2.14. The number of hydrogen-bond acceptors (Lipinski definition) is 4. The Labute approximate surface area is 148 Å². The summed E-state index contributed by atoms with van der Waals surface area (Å²) in [6.07, 6.45) is -0.280. The van der Waals surface area contributed by atoms with Crippen LogP contribution in [0.1, 0.15) is 12.0 Å². The molecule has 6 nitrogen and oxygen atoms in total. The molecule has 0 aliphatic rings. The Hall–Kier alpha value is -3.00. The predicted molar refractivity (Wildman–Crippen MR) is 91.0 cm³/mol. The van der Waals surface area contributed by atoms with Gasteiger partial charge in [-0.05, 0) is 29.8 Å². The molecule has 138 valence electrons. The molecule has 0 heterocycles. The van der Waals surface area contributed by atoms with Crippen molar-refractivity contribution in [3.8, 4) is 5.75 Å². The number of halogens is 2. The molecular formula is C18H18F2N2O4. The number of nitrogens with one attached hydrogen (secondary N) is 2. The molecule has 0 fully saturated rings. The summed E-state index contributed by atoms with van der Waals surface area (Å²) >= 11 is 0. The maximum Gasteiger partial charge on any atom is 0.387 e. The molecule has 26 heavy (non-hydrogen) atoms. The third kappa shape index (κ3) is 6.48. The van der Waals surface area contributed by atoms with Crippen molar-refractivity contribution in [2.45, 2.75) is 25.6 Å². The number of rotatable bonds is 9. The van der Waals surface area contributed by atoms with Gasteiger partial charge in [-0.2, -0.15) is 8.78 Å².